The monoisotopic (exact) mass is 305 g/mol. The Labute approximate surface area is 93.5 Å². The highest BCUT2D eigenvalue weighted by atomic mass is 127. The molecule has 13 heavy (non-hydrogen) atoms. The van der Waals surface area contributed by atoms with Crippen LogP contribution in [0, 0.1) is 3.01 Å². The normalized spacial score (nSPS) is 10.9. The standard InChI is InChI=1S/C8H8IN3S/c1-2-4-5(10)3-11-7-6(4)12-8(9)13-7/h3H,2,10H2,1H3. The van der Waals surface area contributed by atoms with E-state index in [0.717, 1.165) is 31.0 Å². The van der Waals surface area contributed by atoms with Crippen molar-refractivity contribution in [3.63, 3.8) is 0 Å². The molecule has 0 fully saturated rings. The predicted molar refractivity (Wildman–Crippen MR) is 63.9 cm³/mol. The van der Waals surface area contributed by atoms with Crippen LogP contribution < -0.4 is 5.73 Å². The van der Waals surface area contributed by atoms with Crippen molar-refractivity contribution in [2.24, 2.45) is 0 Å². The van der Waals surface area contributed by atoms with E-state index in [9.17, 15) is 0 Å². The SMILES string of the molecule is CCc1c(N)cnc2sc(I)nc12. The van der Waals surface area contributed by atoms with Crippen LogP contribution in [-0.2, 0) is 6.42 Å². The third-order valence-electron chi connectivity index (χ3n) is 1.89. The van der Waals surface area contributed by atoms with Gasteiger partial charge in [0.25, 0.3) is 0 Å². The van der Waals surface area contributed by atoms with Gasteiger partial charge in [0.15, 0.2) is 3.01 Å². The van der Waals surface area contributed by atoms with Crippen molar-refractivity contribution >= 4 is 50.0 Å². The molecule has 2 N–H and O–H groups in total. The lowest BCUT2D eigenvalue weighted by Crippen LogP contribution is -1.95. The third-order valence-corrected chi connectivity index (χ3v) is 3.55. The molecule has 2 rings (SSSR count). The number of aromatic nitrogens is 2. The second-order valence-electron chi connectivity index (χ2n) is 2.67. The van der Waals surface area contributed by atoms with Crippen LogP contribution in [-0.4, -0.2) is 9.97 Å². The minimum Gasteiger partial charge on any atom is -0.397 e. The largest absolute Gasteiger partial charge is 0.397 e. The molecule has 3 nitrogen and oxygen atoms in total. The van der Waals surface area contributed by atoms with Crippen LogP contribution in [0.4, 0.5) is 5.69 Å². The summed E-state index contributed by atoms with van der Waals surface area (Å²) in [5.74, 6) is 0. The second kappa shape index (κ2) is 3.38. The summed E-state index contributed by atoms with van der Waals surface area (Å²) < 4.78 is 1.01. The second-order valence-corrected chi connectivity index (χ2v) is 5.40. The van der Waals surface area contributed by atoms with Crippen molar-refractivity contribution in [3.8, 4) is 0 Å². The van der Waals surface area contributed by atoms with Gasteiger partial charge >= 0.3 is 0 Å². The Hall–Kier alpha value is -0.430. The molecule has 0 atom stereocenters. The maximum Gasteiger partial charge on any atom is 0.156 e. The quantitative estimate of drug-likeness (QED) is 0.823. The lowest BCUT2D eigenvalue weighted by Gasteiger charge is -2.01. The van der Waals surface area contributed by atoms with Crippen molar-refractivity contribution in [2.75, 3.05) is 5.73 Å². The van der Waals surface area contributed by atoms with Crippen LogP contribution in [0.5, 0.6) is 0 Å². The number of anilines is 1. The molecule has 0 aromatic carbocycles. The summed E-state index contributed by atoms with van der Waals surface area (Å²) in [6.07, 6.45) is 2.63. The number of rotatable bonds is 1. The third kappa shape index (κ3) is 1.50. The highest BCUT2D eigenvalue weighted by Crippen LogP contribution is 2.27. The lowest BCUT2D eigenvalue weighted by molar-refractivity contribution is 1.14. The van der Waals surface area contributed by atoms with Gasteiger partial charge in [-0.05, 0) is 29.0 Å². The molecule has 0 aliphatic rings. The minimum atomic E-state index is 0.747. The van der Waals surface area contributed by atoms with Gasteiger partial charge in [-0.3, -0.25) is 0 Å². The van der Waals surface area contributed by atoms with Crippen LogP contribution in [0.3, 0.4) is 0 Å². The van der Waals surface area contributed by atoms with E-state index in [1.165, 1.54) is 0 Å². The number of nitrogens with two attached hydrogens (primary N) is 1. The first-order chi connectivity index (χ1) is 6.22. The maximum absolute atomic E-state index is 5.81. The highest BCUT2D eigenvalue weighted by molar-refractivity contribution is 14.1. The number of aryl methyl sites for hydroxylation is 1. The topological polar surface area (TPSA) is 51.8 Å². The van der Waals surface area contributed by atoms with E-state index in [2.05, 4.69) is 39.5 Å². The number of nitrogen functional groups attached to an aromatic ring is 1. The molecular formula is C8H8IN3S. The van der Waals surface area contributed by atoms with E-state index >= 15 is 0 Å². The molecule has 68 valence electrons. The van der Waals surface area contributed by atoms with Gasteiger partial charge in [-0.25, -0.2) is 9.97 Å². The first kappa shape index (κ1) is 9.14. The van der Waals surface area contributed by atoms with E-state index in [1.54, 1.807) is 17.5 Å². The molecule has 5 heteroatoms. The van der Waals surface area contributed by atoms with E-state index in [-0.39, 0.29) is 0 Å². The van der Waals surface area contributed by atoms with Crippen LogP contribution in [0.15, 0.2) is 6.20 Å². The van der Waals surface area contributed by atoms with E-state index < -0.39 is 0 Å². The number of pyridine rings is 1. The summed E-state index contributed by atoms with van der Waals surface area (Å²) in [4.78, 5) is 9.63. The number of hydrogen-bond acceptors (Lipinski definition) is 4. The smallest absolute Gasteiger partial charge is 0.156 e. The zero-order chi connectivity index (χ0) is 9.42. The van der Waals surface area contributed by atoms with Gasteiger partial charge in [-0.1, -0.05) is 18.3 Å². The van der Waals surface area contributed by atoms with E-state index in [4.69, 9.17) is 5.73 Å². The molecule has 2 aromatic heterocycles. The fourth-order valence-electron chi connectivity index (χ4n) is 1.29. The summed E-state index contributed by atoms with van der Waals surface area (Å²) in [5, 5.41) is 0. The first-order valence-corrected chi connectivity index (χ1v) is 5.81. The molecule has 0 saturated carbocycles. The van der Waals surface area contributed by atoms with Gasteiger partial charge < -0.3 is 5.73 Å². The van der Waals surface area contributed by atoms with Crippen LogP contribution in [0.2, 0.25) is 0 Å². The molecule has 0 amide bonds. The summed E-state index contributed by atoms with van der Waals surface area (Å²) >= 11 is 3.80. The Morgan fingerprint density at radius 3 is 3.08 bits per heavy atom. The van der Waals surface area contributed by atoms with E-state index in [1.807, 2.05) is 0 Å². The molecule has 0 aliphatic carbocycles. The van der Waals surface area contributed by atoms with Gasteiger partial charge in [-0.15, -0.1) is 0 Å². The van der Waals surface area contributed by atoms with Crippen molar-refractivity contribution < 1.29 is 0 Å². The van der Waals surface area contributed by atoms with Crippen LogP contribution in [0.25, 0.3) is 10.3 Å². The molecule has 0 bridgehead atoms. The summed E-state index contributed by atoms with van der Waals surface area (Å²) in [6.45, 7) is 2.08. The highest BCUT2D eigenvalue weighted by Gasteiger charge is 2.09. The van der Waals surface area contributed by atoms with Crippen LogP contribution in [0.1, 0.15) is 12.5 Å². The number of halogens is 1. The van der Waals surface area contributed by atoms with Crippen LogP contribution >= 0.6 is 33.9 Å². The predicted octanol–water partition coefficient (Wildman–Crippen LogP) is 2.44. The molecule has 0 saturated heterocycles. The van der Waals surface area contributed by atoms with Gasteiger partial charge in [-0.2, -0.15) is 0 Å². The van der Waals surface area contributed by atoms with Crippen molar-refractivity contribution in [1.82, 2.24) is 9.97 Å². The average molecular weight is 305 g/mol. The Morgan fingerprint density at radius 1 is 1.62 bits per heavy atom. The van der Waals surface area contributed by atoms with Crippen molar-refractivity contribution in [2.45, 2.75) is 13.3 Å². The minimum absolute atomic E-state index is 0.747. The Balaban J connectivity index is 2.82. The number of hydrogen-bond donors (Lipinski definition) is 1. The fraction of sp³-hybridized carbons (Fsp3) is 0.250. The van der Waals surface area contributed by atoms with Gasteiger partial charge in [0.05, 0.1) is 11.9 Å². The average Bonchev–Trinajstić information content (AvgIpc) is 2.45. The van der Waals surface area contributed by atoms with E-state index in [0.29, 0.717) is 0 Å². The summed E-state index contributed by atoms with van der Waals surface area (Å²) in [5.41, 5.74) is 8.64. The van der Waals surface area contributed by atoms with Gasteiger partial charge in [0, 0.05) is 5.56 Å². The zero-order valence-electron chi connectivity index (χ0n) is 7.04. The Morgan fingerprint density at radius 2 is 2.38 bits per heavy atom. The first-order valence-electron chi connectivity index (χ1n) is 3.91. The zero-order valence-corrected chi connectivity index (χ0v) is 10.0. The Bertz CT molecular complexity index is 452. The van der Waals surface area contributed by atoms with Gasteiger partial charge in [0.2, 0.25) is 0 Å². The van der Waals surface area contributed by atoms with Gasteiger partial charge in [0.1, 0.15) is 10.3 Å². The van der Waals surface area contributed by atoms with Crippen molar-refractivity contribution in [3.05, 3.63) is 14.8 Å². The number of nitrogens with zero attached hydrogens (tertiary/aromatic N) is 2. The molecule has 2 heterocycles. The summed E-state index contributed by atoms with van der Waals surface area (Å²) in [6, 6.07) is 0. The van der Waals surface area contributed by atoms with Crippen molar-refractivity contribution in [1.29, 1.82) is 0 Å². The molecule has 0 unspecified atom stereocenters. The molecule has 0 aliphatic heterocycles. The lowest BCUT2D eigenvalue weighted by atomic mass is 10.1. The molecule has 0 radical (unpaired) electrons. The fourth-order valence-corrected chi connectivity index (χ4v) is 2.82. The maximum atomic E-state index is 5.81. The molecular weight excluding hydrogens is 297 g/mol. The number of thiazole rings is 1. The molecule has 2 aromatic rings. The summed E-state index contributed by atoms with van der Waals surface area (Å²) in [7, 11) is 0. The number of fused-ring (bicyclic) bond motifs is 1. The Kier molecular flexibility index (Phi) is 2.37. The molecule has 0 spiro atoms.